The fourth-order valence-electron chi connectivity index (χ4n) is 12.0. The molecule has 69 heavy (non-hydrogen) atoms. The van der Waals surface area contributed by atoms with Crippen LogP contribution in [0.15, 0.2) is 152 Å². The highest BCUT2D eigenvalue weighted by Gasteiger charge is 2.43. The van der Waals surface area contributed by atoms with Crippen molar-refractivity contribution in [1.82, 2.24) is 4.57 Å². The number of benzene rings is 8. The van der Waals surface area contributed by atoms with Gasteiger partial charge in [0.05, 0.1) is 16.7 Å². The van der Waals surface area contributed by atoms with Crippen LogP contribution in [0.3, 0.4) is 0 Å². The molecule has 0 unspecified atom stereocenters. The number of nitrogens with one attached hydrogen (secondary N) is 1. The SMILES string of the molecule is CC(C)(C)c1ccc(Nc2cc3c(cc2-c2c4c5c(c6cc(C(C)(C)C)ccc6n5-c5c(sc6cc(-c7ccccc7)ccc56)[B]4)c4sc5ccccc5c24)C(C)(C)c2ccccc2C3(C)C)cc1. The fraction of sp³-hybridized carbons (Fsp3) is 0.219. The first kappa shape index (κ1) is 42.7. The van der Waals surface area contributed by atoms with Crippen LogP contribution in [0.4, 0.5) is 11.4 Å². The molecule has 13 rings (SSSR count). The van der Waals surface area contributed by atoms with E-state index in [0.717, 1.165) is 11.4 Å². The molecule has 0 saturated carbocycles. The van der Waals surface area contributed by atoms with Crippen LogP contribution in [0.1, 0.15) is 103 Å². The molecule has 8 aromatic carbocycles. The highest BCUT2D eigenvalue weighted by molar-refractivity contribution is 7.29. The third-order valence-electron chi connectivity index (χ3n) is 15.8. The molecule has 0 saturated heterocycles. The van der Waals surface area contributed by atoms with E-state index in [1.807, 2.05) is 22.7 Å². The van der Waals surface area contributed by atoms with Crippen LogP contribution in [0.2, 0.25) is 0 Å². The van der Waals surface area contributed by atoms with E-state index >= 15 is 0 Å². The molecule has 0 bridgehead atoms. The van der Waals surface area contributed by atoms with Crippen LogP contribution >= 0.6 is 22.7 Å². The zero-order chi connectivity index (χ0) is 47.5. The molecular formula is C64H56BN2S2. The van der Waals surface area contributed by atoms with Crippen LogP contribution in [-0.2, 0) is 21.7 Å². The number of rotatable bonds is 4. The summed E-state index contributed by atoms with van der Waals surface area (Å²) in [6.45, 7) is 23.6. The molecule has 0 amide bonds. The first-order valence-corrected chi connectivity index (χ1v) is 26.2. The van der Waals surface area contributed by atoms with E-state index in [1.54, 1.807) is 0 Å². The highest BCUT2D eigenvalue weighted by atomic mass is 32.1. The Morgan fingerprint density at radius 1 is 0.522 bits per heavy atom. The van der Waals surface area contributed by atoms with Crippen molar-refractivity contribution in [2.45, 2.75) is 90.9 Å². The Morgan fingerprint density at radius 2 is 1.17 bits per heavy atom. The number of nitrogens with zero attached hydrogens (tertiary/aromatic N) is 1. The number of fused-ring (bicyclic) bond motifs is 13. The molecular weight excluding hydrogens is 872 g/mol. The predicted octanol–water partition coefficient (Wildman–Crippen LogP) is 17.0. The van der Waals surface area contributed by atoms with E-state index in [1.165, 1.54) is 124 Å². The lowest BCUT2D eigenvalue weighted by Crippen LogP contribution is -2.37. The Hall–Kier alpha value is -6.40. The van der Waals surface area contributed by atoms with E-state index in [4.69, 9.17) is 0 Å². The number of hydrogen-bond acceptors (Lipinski definition) is 3. The smallest absolute Gasteiger partial charge is 0.211 e. The van der Waals surface area contributed by atoms with Gasteiger partial charge in [0.2, 0.25) is 7.28 Å². The first-order chi connectivity index (χ1) is 33.0. The maximum atomic E-state index is 4.12. The zero-order valence-electron chi connectivity index (χ0n) is 41.3. The molecule has 3 aromatic heterocycles. The summed E-state index contributed by atoms with van der Waals surface area (Å²) in [6.07, 6.45) is 0. The summed E-state index contributed by atoms with van der Waals surface area (Å²) in [6, 6.07) is 57.9. The van der Waals surface area contributed by atoms with E-state index in [0.29, 0.717) is 0 Å². The molecule has 2 nitrogen and oxygen atoms in total. The van der Waals surface area contributed by atoms with Crippen molar-refractivity contribution in [3.8, 4) is 27.9 Å². The van der Waals surface area contributed by atoms with Crippen molar-refractivity contribution < 1.29 is 0 Å². The van der Waals surface area contributed by atoms with Crippen LogP contribution < -0.4 is 15.6 Å². The second-order valence-electron chi connectivity index (χ2n) is 22.9. The molecule has 337 valence electrons. The number of thiophene rings is 2. The summed E-state index contributed by atoms with van der Waals surface area (Å²) in [4.78, 5) is 0. The van der Waals surface area contributed by atoms with Gasteiger partial charge < -0.3 is 9.88 Å². The molecule has 1 aliphatic heterocycles. The molecule has 0 spiro atoms. The molecule has 11 aromatic rings. The van der Waals surface area contributed by atoms with Gasteiger partial charge in [-0.15, -0.1) is 22.7 Å². The summed E-state index contributed by atoms with van der Waals surface area (Å²) >= 11 is 3.88. The fourth-order valence-corrected chi connectivity index (χ4v) is 14.4. The molecule has 4 heterocycles. The van der Waals surface area contributed by atoms with Crippen molar-refractivity contribution in [3.63, 3.8) is 0 Å². The molecule has 1 radical (unpaired) electrons. The van der Waals surface area contributed by atoms with Crippen molar-refractivity contribution in [3.05, 3.63) is 185 Å². The van der Waals surface area contributed by atoms with Gasteiger partial charge in [-0.3, -0.25) is 0 Å². The van der Waals surface area contributed by atoms with Crippen LogP contribution in [0.5, 0.6) is 0 Å². The van der Waals surface area contributed by atoms with E-state index in [9.17, 15) is 0 Å². The summed E-state index contributed by atoms with van der Waals surface area (Å²) in [5.41, 5.74) is 20.2. The maximum absolute atomic E-state index is 4.12. The molecule has 1 aliphatic carbocycles. The Bertz CT molecular complexity index is 3960. The Labute approximate surface area is 414 Å². The Morgan fingerprint density at radius 3 is 1.88 bits per heavy atom. The van der Waals surface area contributed by atoms with E-state index < -0.39 is 0 Å². The minimum atomic E-state index is -0.239. The van der Waals surface area contributed by atoms with E-state index in [2.05, 4.69) is 238 Å². The van der Waals surface area contributed by atoms with E-state index in [-0.39, 0.29) is 21.7 Å². The van der Waals surface area contributed by atoms with Gasteiger partial charge in [-0.05, 0) is 120 Å². The largest absolute Gasteiger partial charge is 0.355 e. The molecule has 1 N–H and O–H groups in total. The monoisotopic (exact) mass is 927 g/mol. The number of anilines is 2. The Kier molecular flexibility index (Phi) is 9.02. The minimum Gasteiger partial charge on any atom is -0.355 e. The lowest BCUT2D eigenvalue weighted by atomic mass is 9.59. The third-order valence-corrected chi connectivity index (χ3v) is 18.1. The summed E-state index contributed by atoms with van der Waals surface area (Å²) < 4.78 is 7.93. The van der Waals surface area contributed by atoms with Gasteiger partial charge in [0.25, 0.3) is 0 Å². The number of aromatic nitrogens is 1. The van der Waals surface area contributed by atoms with Gasteiger partial charge in [-0.25, -0.2) is 0 Å². The molecule has 0 atom stereocenters. The van der Waals surface area contributed by atoms with Crippen molar-refractivity contribution in [2.24, 2.45) is 0 Å². The van der Waals surface area contributed by atoms with Crippen LogP contribution in [-0.4, -0.2) is 11.8 Å². The number of hydrogen-bond donors (Lipinski definition) is 1. The maximum Gasteiger partial charge on any atom is 0.211 e. The summed E-state index contributed by atoms with van der Waals surface area (Å²) in [7, 11) is 2.57. The predicted molar refractivity (Wildman–Crippen MR) is 303 cm³/mol. The van der Waals surface area contributed by atoms with Gasteiger partial charge in [-0.1, -0.05) is 172 Å². The lowest BCUT2D eigenvalue weighted by Gasteiger charge is -2.44. The standard InChI is InChI=1S/C64H56BN2S2/c1-61(2,3)38-25-28-40(29-26-38)66-49-35-48-47(63(7,8)45-21-15-16-22-46(45)64(48,9)10)34-43(49)53-54-41-20-14-17-23-51(41)68-59(54)55-44-33-39(62(4,5)6)27-31-50(44)67-57-42-30-24-37(36-18-12-11-13-19-36)32-52(42)69-60(57)65-56(53)58(55)67/h11-35,66H,1-10H3. The van der Waals surface area contributed by atoms with Gasteiger partial charge in [0.15, 0.2) is 0 Å². The summed E-state index contributed by atoms with van der Waals surface area (Å²) in [5.74, 6) is 0. The second-order valence-corrected chi connectivity index (χ2v) is 25.0. The van der Waals surface area contributed by atoms with Gasteiger partial charge in [-0.2, -0.15) is 0 Å². The van der Waals surface area contributed by atoms with Crippen LogP contribution in [0, 0.1) is 0 Å². The average Bonchev–Trinajstić information content (AvgIpc) is 4.01. The van der Waals surface area contributed by atoms with Crippen molar-refractivity contribution in [2.75, 3.05) is 5.32 Å². The lowest BCUT2D eigenvalue weighted by molar-refractivity contribution is 0.521. The summed E-state index contributed by atoms with van der Waals surface area (Å²) in [5, 5.41) is 10.7. The quantitative estimate of drug-likeness (QED) is 0.174. The van der Waals surface area contributed by atoms with Gasteiger partial charge in [0.1, 0.15) is 0 Å². The second kappa shape index (κ2) is 14.6. The highest BCUT2D eigenvalue weighted by Crippen LogP contribution is 2.55. The molecule has 2 aliphatic rings. The van der Waals surface area contributed by atoms with Crippen LogP contribution in [0.25, 0.3) is 80.0 Å². The average molecular weight is 928 g/mol. The normalized spacial score (nSPS) is 14.9. The zero-order valence-corrected chi connectivity index (χ0v) is 42.9. The van der Waals surface area contributed by atoms with Gasteiger partial charge >= 0.3 is 0 Å². The molecule has 0 fully saturated rings. The van der Waals surface area contributed by atoms with Gasteiger partial charge in [0, 0.05) is 68.8 Å². The third kappa shape index (κ3) is 6.22. The van der Waals surface area contributed by atoms with Crippen molar-refractivity contribution >= 4 is 104 Å². The first-order valence-electron chi connectivity index (χ1n) is 24.6. The topological polar surface area (TPSA) is 17.0 Å². The Balaban J connectivity index is 1.18. The molecule has 5 heteroatoms. The van der Waals surface area contributed by atoms with Crippen molar-refractivity contribution in [1.29, 1.82) is 0 Å². The minimum absolute atomic E-state index is 0.0149.